The molecule has 1 amide bonds. The van der Waals surface area contributed by atoms with Crippen LogP contribution in [0.3, 0.4) is 0 Å². The lowest BCUT2D eigenvalue weighted by Crippen LogP contribution is -2.34. The zero-order valence-corrected chi connectivity index (χ0v) is 8.75. The summed E-state index contributed by atoms with van der Waals surface area (Å²) in [6.45, 7) is 3.18. The van der Waals surface area contributed by atoms with Crippen LogP contribution in [0.25, 0.3) is 0 Å². The molecule has 0 saturated heterocycles. The van der Waals surface area contributed by atoms with Gasteiger partial charge in [0.25, 0.3) is 0 Å². The van der Waals surface area contributed by atoms with Crippen LogP contribution in [-0.4, -0.2) is 44.2 Å². The van der Waals surface area contributed by atoms with E-state index >= 15 is 0 Å². The molecule has 0 aliphatic heterocycles. The van der Waals surface area contributed by atoms with Gasteiger partial charge in [0, 0.05) is 33.2 Å². The Bertz CT molecular complexity index is 151. The van der Waals surface area contributed by atoms with Crippen molar-refractivity contribution in [2.24, 2.45) is 5.73 Å². The summed E-state index contributed by atoms with van der Waals surface area (Å²) in [6, 6.07) is -0.0162. The molecular formula is C9H20N2O2. The van der Waals surface area contributed by atoms with Crippen LogP contribution in [-0.2, 0) is 9.53 Å². The first kappa shape index (κ1) is 12.4. The number of nitrogens with zero attached hydrogens (tertiary/aromatic N) is 1. The van der Waals surface area contributed by atoms with Crippen LogP contribution >= 0.6 is 0 Å². The molecule has 0 aromatic heterocycles. The van der Waals surface area contributed by atoms with Crippen LogP contribution in [0.4, 0.5) is 0 Å². The number of methoxy groups -OCH3 is 1. The molecule has 0 fully saturated rings. The lowest BCUT2D eigenvalue weighted by atomic mass is 10.1. The van der Waals surface area contributed by atoms with E-state index in [1.807, 2.05) is 6.92 Å². The van der Waals surface area contributed by atoms with Crippen molar-refractivity contribution in [1.82, 2.24) is 4.90 Å². The second-order valence-corrected chi connectivity index (χ2v) is 3.18. The monoisotopic (exact) mass is 188 g/mol. The fourth-order valence-corrected chi connectivity index (χ4v) is 0.877. The highest BCUT2D eigenvalue weighted by atomic mass is 16.5. The average molecular weight is 188 g/mol. The molecule has 0 bridgehead atoms. The molecule has 0 saturated carbocycles. The number of carbonyl (C=O) groups excluding carboxylic acids is 1. The highest BCUT2D eigenvalue weighted by Gasteiger charge is 2.11. The van der Waals surface area contributed by atoms with Crippen molar-refractivity contribution in [2.75, 3.05) is 27.3 Å². The number of hydrogen-bond donors (Lipinski definition) is 1. The summed E-state index contributed by atoms with van der Waals surface area (Å²) in [7, 11) is 3.39. The maximum atomic E-state index is 11.4. The second kappa shape index (κ2) is 6.86. The van der Waals surface area contributed by atoms with Crippen LogP contribution in [0.5, 0.6) is 0 Å². The summed E-state index contributed by atoms with van der Waals surface area (Å²) in [6.07, 6.45) is 1.26. The van der Waals surface area contributed by atoms with Crippen LogP contribution in [0.2, 0.25) is 0 Å². The van der Waals surface area contributed by atoms with Gasteiger partial charge in [-0.15, -0.1) is 0 Å². The molecule has 0 aromatic rings. The van der Waals surface area contributed by atoms with Crippen molar-refractivity contribution < 1.29 is 9.53 Å². The van der Waals surface area contributed by atoms with Crippen molar-refractivity contribution in [3.63, 3.8) is 0 Å². The Balaban J connectivity index is 3.68. The maximum Gasteiger partial charge on any atom is 0.223 e. The topological polar surface area (TPSA) is 55.6 Å². The molecule has 78 valence electrons. The van der Waals surface area contributed by atoms with Gasteiger partial charge < -0.3 is 15.4 Å². The van der Waals surface area contributed by atoms with Crippen LogP contribution < -0.4 is 5.73 Å². The SMILES string of the molecule is CCC(N)CC(=O)N(C)CCOC. The van der Waals surface area contributed by atoms with Gasteiger partial charge in [0.1, 0.15) is 0 Å². The highest BCUT2D eigenvalue weighted by Crippen LogP contribution is 1.97. The Morgan fingerprint density at radius 2 is 2.23 bits per heavy atom. The summed E-state index contributed by atoms with van der Waals surface area (Å²) in [4.78, 5) is 13.1. The zero-order valence-electron chi connectivity index (χ0n) is 8.75. The quantitative estimate of drug-likeness (QED) is 0.648. The van der Waals surface area contributed by atoms with Crippen molar-refractivity contribution in [2.45, 2.75) is 25.8 Å². The molecular weight excluding hydrogens is 168 g/mol. The molecule has 0 aromatic carbocycles. The van der Waals surface area contributed by atoms with E-state index in [-0.39, 0.29) is 11.9 Å². The Hall–Kier alpha value is -0.610. The predicted molar refractivity (Wildman–Crippen MR) is 52.4 cm³/mol. The van der Waals surface area contributed by atoms with Gasteiger partial charge in [-0.25, -0.2) is 0 Å². The smallest absolute Gasteiger partial charge is 0.223 e. The second-order valence-electron chi connectivity index (χ2n) is 3.18. The molecule has 1 unspecified atom stereocenters. The minimum absolute atomic E-state index is 0.0162. The lowest BCUT2D eigenvalue weighted by molar-refractivity contribution is -0.130. The first-order valence-electron chi connectivity index (χ1n) is 4.60. The molecule has 0 aliphatic carbocycles. The Morgan fingerprint density at radius 3 is 2.69 bits per heavy atom. The Labute approximate surface area is 80.0 Å². The molecule has 0 heterocycles. The molecule has 1 atom stereocenters. The van der Waals surface area contributed by atoms with E-state index in [0.717, 1.165) is 6.42 Å². The third kappa shape index (κ3) is 5.60. The van der Waals surface area contributed by atoms with Gasteiger partial charge >= 0.3 is 0 Å². The van der Waals surface area contributed by atoms with Crippen molar-refractivity contribution >= 4 is 5.91 Å². The van der Waals surface area contributed by atoms with Gasteiger partial charge in [0.05, 0.1) is 6.61 Å². The summed E-state index contributed by atoms with van der Waals surface area (Å²) >= 11 is 0. The van der Waals surface area contributed by atoms with Crippen LogP contribution in [0, 0.1) is 0 Å². The summed E-state index contributed by atoms with van der Waals surface area (Å²) in [5, 5.41) is 0. The number of likely N-dealkylation sites (N-methyl/N-ethyl adjacent to an activating group) is 1. The molecule has 2 N–H and O–H groups in total. The normalized spacial score (nSPS) is 12.6. The van der Waals surface area contributed by atoms with E-state index in [9.17, 15) is 4.79 Å². The third-order valence-electron chi connectivity index (χ3n) is 2.02. The number of ether oxygens (including phenoxy) is 1. The standard InChI is InChI=1S/C9H20N2O2/c1-4-8(10)7-9(12)11(2)5-6-13-3/h8H,4-7,10H2,1-3H3. The van der Waals surface area contributed by atoms with Crippen LogP contribution in [0.15, 0.2) is 0 Å². The summed E-state index contributed by atoms with van der Waals surface area (Å²) < 4.78 is 4.87. The van der Waals surface area contributed by atoms with Gasteiger partial charge in [-0.1, -0.05) is 6.92 Å². The average Bonchev–Trinajstić information content (AvgIpc) is 2.13. The first-order valence-corrected chi connectivity index (χ1v) is 4.60. The minimum atomic E-state index is -0.0162. The Morgan fingerprint density at radius 1 is 1.62 bits per heavy atom. The molecule has 13 heavy (non-hydrogen) atoms. The fourth-order valence-electron chi connectivity index (χ4n) is 0.877. The summed E-state index contributed by atoms with van der Waals surface area (Å²) in [5.41, 5.74) is 5.66. The largest absolute Gasteiger partial charge is 0.383 e. The molecule has 0 rings (SSSR count). The molecule has 0 radical (unpaired) electrons. The van der Waals surface area contributed by atoms with Crippen molar-refractivity contribution in [3.05, 3.63) is 0 Å². The third-order valence-corrected chi connectivity index (χ3v) is 2.02. The van der Waals surface area contributed by atoms with E-state index in [2.05, 4.69) is 0 Å². The van der Waals surface area contributed by atoms with Gasteiger partial charge in [0.15, 0.2) is 0 Å². The van der Waals surface area contributed by atoms with Crippen molar-refractivity contribution in [1.29, 1.82) is 0 Å². The number of rotatable bonds is 6. The first-order chi connectivity index (χ1) is 6.11. The van der Waals surface area contributed by atoms with Crippen molar-refractivity contribution in [3.8, 4) is 0 Å². The number of hydrogen-bond acceptors (Lipinski definition) is 3. The van der Waals surface area contributed by atoms with E-state index < -0.39 is 0 Å². The van der Waals surface area contributed by atoms with Gasteiger partial charge in [0.2, 0.25) is 5.91 Å². The molecule has 4 heteroatoms. The highest BCUT2D eigenvalue weighted by molar-refractivity contribution is 5.76. The maximum absolute atomic E-state index is 11.4. The minimum Gasteiger partial charge on any atom is -0.383 e. The van der Waals surface area contributed by atoms with Gasteiger partial charge in [-0.3, -0.25) is 4.79 Å². The van der Waals surface area contributed by atoms with Gasteiger partial charge in [-0.2, -0.15) is 0 Å². The van der Waals surface area contributed by atoms with E-state index in [0.29, 0.717) is 19.6 Å². The van der Waals surface area contributed by atoms with E-state index in [1.165, 1.54) is 0 Å². The number of nitrogens with two attached hydrogens (primary N) is 1. The zero-order chi connectivity index (χ0) is 10.3. The van der Waals surface area contributed by atoms with Crippen LogP contribution in [0.1, 0.15) is 19.8 Å². The molecule has 0 spiro atoms. The number of carbonyl (C=O) groups is 1. The fraction of sp³-hybridized carbons (Fsp3) is 0.889. The van der Waals surface area contributed by atoms with E-state index in [1.54, 1.807) is 19.1 Å². The predicted octanol–water partition coefficient (Wildman–Crippen LogP) is 0.219. The molecule has 4 nitrogen and oxygen atoms in total. The Kier molecular flexibility index (Phi) is 6.54. The lowest BCUT2D eigenvalue weighted by Gasteiger charge is -2.18. The molecule has 0 aliphatic rings. The van der Waals surface area contributed by atoms with E-state index in [4.69, 9.17) is 10.5 Å². The number of amides is 1. The summed E-state index contributed by atoms with van der Waals surface area (Å²) in [5.74, 6) is 0.0893. The van der Waals surface area contributed by atoms with Gasteiger partial charge in [-0.05, 0) is 6.42 Å².